The molecule has 0 atom stereocenters. The van der Waals surface area contributed by atoms with Crippen LogP contribution in [0.15, 0.2) is 24.3 Å². The summed E-state index contributed by atoms with van der Waals surface area (Å²) in [4.78, 5) is 10.6. The van der Waals surface area contributed by atoms with Crippen molar-refractivity contribution in [2.24, 2.45) is 5.73 Å². The summed E-state index contributed by atoms with van der Waals surface area (Å²) in [5.74, 6) is 0.357. The Morgan fingerprint density at radius 3 is 2.08 bits per heavy atom. The molecule has 148 valence electrons. The highest BCUT2D eigenvalue weighted by molar-refractivity contribution is 7.92. The molecule has 1 aromatic rings. The van der Waals surface area contributed by atoms with Crippen LogP contribution < -0.4 is 15.2 Å². The van der Waals surface area contributed by atoms with Crippen LogP contribution in [0.1, 0.15) is 64.2 Å². The first-order valence-corrected chi connectivity index (χ1v) is 11.3. The van der Waals surface area contributed by atoms with E-state index >= 15 is 0 Å². The van der Waals surface area contributed by atoms with Crippen LogP contribution in [-0.2, 0) is 14.8 Å². The van der Waals surface area contributed by atoms with Gasteiger partial charge in [-0.3, -0.25) is 9.52 Å². The summed E-state index contributed by atoms with van der Waals surface area (Å²) in [6, 6.07) is 7.06. The van der Waals surface area contributed by atoms with Crippen LogP contribution in [0.4, 0.5) is 5.69 Å². The number of ether oxygens (including phenoxy) is 1. The Labute approximate surface area is 157 Å². The quantitative estimate of drug-likeness (QED) is 0.449. The summed E-state index contributed by atoms with van der Waals surface area (Å²) in [5, 5.41) is 0. The number of para-hydroxylation sites is 2. The molecular formula is C19H32N2O4S. The number of unbranched alkanes of at least 4 members (excludes halogenated alkanes) is 8. The van der Waals surface area contributed by atoms with Crippen molar-refractivity contribution < 1.29 is 17.9 Å². The largest absolute Gasteiger partial charge is 0.491 e. The third-order valence-corrected chi connectivity index (χ3v) is 4.60. The minimum absolute atomic E-state index is 0.207. The van der Waals surface area contributed by atoms with Crippen LogP contribution in [-0.4, -0.2) is 27.2 Å². The van der Waals surface area contributed by atoms with Crippen LogP contribution in [0.2, 0.25) is 0 Å². The van der Waals surface area contributed by atoms with Crippen molar-refractivity contribution >= 4 is 21.6 Å². The summed E-state index contributed by atoms with van der Waals surface area (Å²) >= 11 is 0. The van der Waals surface area contributed by atoms with E-state index in [-0.39, 0.29) is 5.91 Å². The normalized spacial score (nSPS) is 11.3. The van der Waals surface area contributed by atoms with Gasteiger partial charge in [0.2, 0.25) is 15.9 Å². The van der Waals surface area contributed by atoms with E-state index in [1.54, 1.807) is 18.2 Å². The van der Waals surface area contributed by atoms with Gasteiger partial charge in [-0.1, -0.05) is 57.1 Å². The van der Waals surface area contributed by atoms with E-state index in [4.69, 9.17) is 10.5 Å². The lowest BCUT2D eigenvalue weighted by Gasteiger charge is -2.12. The summed E-state index contributed by atoms with van der Waals surface area (Å²) in [6.07, 6.45) is 11.6. The molecule has 3 N–H and O–H groups in total. The third kappa shape index (κ3) is 11.7. The zero-order valence-electron chi connectivity index (χ0n) is 15.7. The highest BCUT2D eigenvalue weighted by atomic mass is 32.2. The summed E-state index contributed by atoms with van der Waals surface area (Å²) in [5.41, 5.74) is 5.58. The number of rotatable bonds is 15. The van der Waals surface area contributed by atoms with E-state index in [9.17, 15) is 13.2 Å². The van der Waals surface area contributed by atoms with Gasteiger partial charge in [0.25, 0.3) is 0 Å². The molecule has 0 fully saturated rings. The van der Waals surface area contributed by atoms with Gasteiger partial charge in [0, 0.05) is 6.42 Å². The Balaban J connectivity index is 2.05. The Morgan fingerprint density at radius 1 is 0.962 bits per heavy atom. The van der Waals surface area contributed by atoms with Crippen molar-refractivity contribution in [2.75, 3.05) is 17.6 Å². The summed E-state index contributed by atoms with van der Waals surface area (Å²) in [7, 11) is -3.31. The molecule has 0 saturated heterocycles. The first-order valence-electron chi connectivity index (χ1n) is 9.36. The van der Waals surface area contributed by atoms with Gasteiger partial charge in [-0.25, -0.2) is 8.42 Å². The van der Waals surface area contributed by atoms with E-state index in [1.165, 1.54) is 32.1 Å². The average molecular weight is 385 g/mol. The number of hydrogen-bond acceptors (Lipinski definition) is 4. The molecule has 0 saturated carbocycles. The molecule has 0 heterocycles. The third-order valence-electron chi connectivity index (χ3n) is 4.01. The first-order chi connectivity index (χ1) is 12.4. The second kappa shape index (κ2) is 12.6. The molecule has 1 amide bonds. The number of sulfonamides is 1. The molecule has 1 rings (SSSR count). The maximum absolute atomic E-state index is 11.4. The molecule has 6 nitrogen and oxygen atoms in total. The number of benzene rings is 1. The molecule has 0 aliphatic rings. The van der Waals surface area contributed by atoms with E-state index in [1.807, 2.05) is 6.07 Å². The van der Waals surface area contributed by atoms with Gasteiger partial charge in [-0.2, -0.15) is 0 Å². The molecular weight excluding hydrogens is 352 g/mol. The predicted octanol–water partition coefficient (Wildman–Crippen LogP) is 3.82. The predicted molar refractivity (Wildman–Crippen MR) is 106 cm³/mol. The van der Waals surface area contributed by atoms with Crippen LogP contribution in [0.25, 0.3) is 0 Å². The Morgan fingerprint density at radius 2 is 1.50 bits per heavy atom. The van der Waals surface area contributed by atoms with E-state index in [0.29, 0.717) is 24.5 Å². The first kappa shape index (κ1) is 22.3. The molecule has 0 radical (unpaired) electrons. The maximum atomic E-state index is 11.4. The molecule has 0 aromatic heterocycles. The second-order valence-electron chi connectivity index (χ2n) is 6.62. The number of hydrogen-bond donors (Lipinski definition) is 2. The lowest BCUT2D eigenvalue weighted by atomic mass is 10.1. The minimum Gasteiger partial charge on any atom is -0.491 e. The Kier molecular flexibility index (Phi) is 10.8. The van der Waals surface area contributed by atoms with Gasteiger partial charge in [0.1, 0.15) is 5.75 Å². The standard InChI is InChI=1S/C19H32N2O4S/c1-26(23,24)21-17-13-10-11-14-18(17)25-16-12-8-6-4-2-3-5-7-9-15-19(20)22/h10-11,13-14,21H,2-9,12,15-16H2,1H3,(H2,20,22). The van der Waals surface area contributed by atoms with Crippen LogP contribution in [0.3, 0.4) is 0 Å². The van der Waals surface area contributed by atoms with Gasteiger partial charge in [-0.05, 0) is 25.0 Å². The van der Waals surface area contributed by atoms with E-state index < -0.39 is 10.0 Å². The number of nitrogens with one attached hydrogen (secondary N) is 1. The van der Waals surface area contributed by atoms with Gasteiger partial charge in [-0.15, -0.1) is 0 Å². The minimum atomic E-state index is -3.31. The maximum Gasteiger partial charge on any atom is 0.229 e. The highest BCUT2D eigenvalue weighted by Crippen LogP contribution is 2.24. The lowest BCUT2D eigenvalue weighted by molar-refractivity contribution is -0.118. The number of carbonyl (C=O) groups excluding carboxylic acids is 1. The summed E-state index contributed by atoms with van der Waals surface area (Å²) in [6.45, 7) is 0.579. The number of carbonyl (C=O) groups is 1. The van der Waals surface area contributed by atoms with Gasteiger partial charge < -0.3 is 10.5 Å². The lowest BCUT2D eigenvalue weighted by Crippen LogP contribution is -2.11. The van der Waals surface area contributed by atoms with E-state index in [2.05, 4.69) is 4.72 Å². The van der Waals surface area contributed by atoms with Crippen LogP contribution in [0.5, 0.6) is 5.75 Å². The van der Waals surface area contributed by atoms with Crippen molar-refractivity contribution in [2.45, 2.75) is 64.2 Å². The van der Waals surface area contributed by atoms with Gasteiger partial charge >= 0.3 is 0 Å². The number of nitrogens with two attached hydrogens (primary N) is 1. The zero-order chi connectivity index (χ0) is 19.3. The molecule has 0 spiro atoms. The topological polar surface area (TPSA) is 98.5 Å². The summed E-state index contributed by atoms with van der Waals surface area (Å²) < 4.78 is 30.9. The van der Waals surface area contributed by atoms with Crippen molar-refractivity contribution in [1.82, 2.24) is 0 Å². The number of anilines is 1. The van der Waals surface area contributed by atoms with Crippen molar-refractivity contribution in [3.05, 3.63) is 24.3 Å². The van der Waals surface area contributed by atoms with Gasteiger partial charge in [0.05, 0.1) is 18.6 Å². The molecule has 1 aromatic carbocycles. The van der Waals surface area contributed by atoms with Crippen LogP contribution >= 0.6 is 0 Å². The Hall–Kier alpha value is -1.76. The number of primary amides is 1. The molecule has 0 aliphatic heterocycles. The zero-order valence-corrected chi connectivity index (χ0v) is 16.5. The fourth-order valence-electron chi connectivity index (χ4n) is 2.70. The number of amides is 1. The van der Waals surface area contributed by atoms with Crippen LogP contribution in [0, 0.1) is 0 Å². The SMILES string of the molecule is CS(=O)(=O)Nc1ccccc1OCCCCCCCCCCCC(N)=O. The Bertz CT molecular complexity index is 632. The van der Waals surface area contributed by atoms with Crippen molar-refractivity contribution in [3.63, 3.8) is 0 Å². The fourth-order valence-corrected chi connectivity index (χ4v) is 3.27. The fraction of sp³-hybridized carbons (Fsp3) is 0.632. The second-order valence-corrected chi connectivity index (χ2v) is 8.37. The van der Waals surface area contributed by atoms with Crippen molar-refractivity contribution in [3.8, 4) is 5.75 Å². The molecule has 26 heavy (non-hydrogen) atoms. The molecule has 7 heteroatoms. The monoisotopic (exact) mass is 384 g/mol. The highest BCUT2D eigenvalue weighted by Gasteiger charge is 2.07. The molecule has 0 aliphatic carbocycles. The average Bonchev–Trinajstić information content (AvgIpc) is 2.55. The van der Waals surface area contributed by atoms with E-state index in [0.717, 1.165) is 31.9 Å². The molecule has 0 bridgehead atoms. The van der Waals surface area contributed by atoms with Crippen molar-refractivity contribution in [1.29, 1.82) is 0 Å². The smallest absolute Gasteiger partial charge is 0.229 e. The van der Waals surface area contributed by atoms with Gasteiger partial charge in [0.15, 0.2) is 0 Å². The molecule has 0 unspecified atom stereocenters.